The van der Waals surface area contributed by atoms with E-state index in [4.69, 9.17) is 32.7 Å². The number of halogens is 2. The maximum absolute atomic E-state index is 11.9. The molecule has 0 aromatic heterocycles. The molecule has 0 atom stereocenters. The Morgan fingerprint density at radius 2 is 1.25 bits per heavy atom. The maximum Gasteiger partial charge on any atom is 0.311 e. The van der Waals surface area contributed by atoms with Gasteiger partial charge in [0.25, 0.3) is 0 Å². The summed E-state index contributed by atoms with van der Waals surface area (Å²) >= 11 is 11.8. The molecule has 32 heavy (non-hydrogen) atoms. The molecule has 6 heteroatoms. The Morgan fingerprint density at radius 3 is 1.84 bits per heavy atom. The van der Waals surface area contributed by atoms with Crippen molar-refractivity contribution in [3.05, 3.63) is 28.2 Å². The summed E-state index contributed by atoms with van der Waals surface area (Å²) in [5.41, 5.74) is 0. The van der Waals surface area contributed by atoms with Crippen LogP contribution in [0.2, 0.25) is 10.0 Å². The van der Waals surface area contributed by atoms with Gasteiger partial charge in [0.15, 0.2) is 5.75 Å². The highest BCUT2D eigenvalue weighted by Gasteiger charge is 2.11. The fourth-order valence-electron chi connectivity index (χ4n) is 3.48. The lowest BCUT2D eigenvalue weighted by Gasteiger charge is -2.07. The average Bonchev–Trinajstić information content (AvgIpc) is 2.76. The second kappa shape index (κ2) is 19.2. The van der Waals surface area contributed by atoms with E-state index >= 15 is 0 Å². The van der Waals surface area contributed by atoms with Gasteiger partial charge in [-0.25, -0.2) is 0 Å². The third kappa shape index (κ3) is 15.5. The Labute approximate surface area is 204 Å². The van der Waals surface area contributed by atoms with Crippen molar-refractivity contribution >= 4 is 35.1 Å². The topological polar surface area (TPSA) is 52.6 Å². The van der Waals surface area contributed by atoms with E-state index in [-0.39, 0.29) is 24.6 Å². The van der Waals surface area contributed by atoms with Gasteiger partial charge in [-0.2, -0.15) is 0 Å². The molecule has 0 saturated heterocycles. The molecule has 0 amide bonds. The van der Waals surface area contributed by atoms with Gasteiger partial charge in [-0.3, -0.25) is 9.59 Å². The summed E-state index contributed by atoms with van der Waals surface area (Å²) in [6, 6.07) is 4.68. The van der Waals surface area contributed by atoms with E-state index < -0.39 is 5.97 Å². The van der Waals surface area contributed by atoms with Gasteiger partial charge >= 0.3 is 11.9 Å². The van der Waals surface area contributed by atoms with Crippen LogP contribution in [-0.2, 0) is 14.3 Å². The van der Waals surface area contributed by atoms with Crippen molar-refractivity contribution in [3.8, 4) is 5.75 Å². The van der Waals surface area contributed by atoms with E-state index in [1.165, 1.54) is 76.7 Å². The molecule has 182 valence electrons. The van der Waals surface area contributed by atoms with Crippen LogP contribution in [-0.4, -0.2) is 18.5 Å². The van der Waals surface area contributed by atoms with E-state index in [0.717, 1.165) is 12.8 Å². The first-order valence-corrected chi connectivity index (χ1v) is 13.1. The molecule has 0 saturated carbocycles. The number of unbranched alkanes of at least 4 members (excludes halogenated alkanes) is 12. The van der Waals surface area contributed by atoms with Crippen LogP contribution < -0.4 is 4.74 Å². The van der Waals surface area contributed by atoms with Gasteiger partial charge in [0.2, 0.25) is 0 Å². The van der Waals surface area contributed by atoms with Gasteiger partial charge in [-0.1, -0.05) is 107 Å². The molecule has 1 aromatic carbocycles. The molecule has 0 aliphatic carbocycles. The number of hydrogen-bond donors (Lipinski definition) is 0. The van der Waals surface area contributed by atoms with Crippen LogP contribution in [0.3, 0.4) is 0 Å². The Bertz CT molecular complexity index is 649. The normalized spacial score (nSPS) is 10.8. The summed E-state index contributed by atoms with van der Waals surface area (Å²) < 4.78 is 10.4. The molecule has 0 unspecified atom stereocenters. The predicted molar refractivity (Wildman–Crippen MR) is 133 cm³/mol. The van der Waals surface area contributed by atoms with Crippen molar-refractivity contribution in [1.82, 2.24) is 0 Å². The van der Waals surface area contributed by atoms with Gasteiger partial charge in [0, 0.05) is 23.9 Å². The lowest BCUT2D eigenvalue weighted by atomic mass is 10.0. The van der Waals surface area contributed by atoms with Crippen LogP contribution in [0.25, 0.3) is 0 Å². The van der Waals surface area contributed by atoms with Gasteiger partial charge in [-0.05, 0) is 25.0 Å². The zero-order chi connectivity index (χ0) is 23.4. The van der Waals surface area contributed by atoms with Crippen molar-refractivity contribution < 1.29 is 19.1 Å². The van der Waals surface area contributed by atoms with E-state index in [1.54, 1.807) is 12.1 Å². The summed E-state index contributed by atoms with van der Waals surface area (Å²) in [4.78, 5) is 23.7. The standard InChI is InChI=1S/C26H40Cl2O4/c1-2-3-4-5-6-7-8-9-10-11-12-13-14-20-31-25(29)16-15-17-26(30)32-24-21-22(27)18-19-23(24)28/h18-19,21H,2-17,20H2,1H3. The Balaban J connectivity index is 1.90. The summed E-state index contributed by atoms with van der Waals surface area (Å²) in [5, 5.41) is 0.758. The number of esters is 2. The van der Waals surface area contributed by atoms with Crippen LogP contribution >= 0.6 is 23.2 Å². The minimum absolute atomic E-state index is 0.122. The first-order valence-electron chi connectivity index (χ1n) is 12.3. The lowest BCUT2D eigenvalue weighted by Crippen LogP contribution is -2.10. The van der Waals surface area contributed by atoms with Gasteiger partial charge in [0.1, 0.15) is 0 Å². The zero-order valence-corrected chi connectivity index (χ0v) is 21.2. The van der Waals surface area contributed by atoms with Crippen LogP contribution in [0.1, 0.15) is 110 Å². The van der Waals surface area contributed by atoms with Crippen molar-refractivity contribution in [2.75, 3.05) is 6.61 Å². The minimum atomic E-state index is -0.446. The lowest BCUT2D eigenvalue weighted by molar-refractivity contribution is -0.144. The number of benzene rings is 1. The van der Waals surface area contributed by atoms with Gasteiger partial charge in [-0.15, -0.1) is 0 Å². The van der Waals surface area contributed by atoms with Crippen molar-refractivity contribution in [2.24, 2.45) is 0 Å². The highest BCUT2D eigenvalue weighted by atomic mass is 35.5. The van der Waals surface area contributed by atoms with E-state index in [0.29, 0.717) is 23.1 Å². The Hall–Kier alpha value is -1.26. The number of ether oxygens (including phenoxy) is 2. The van der Waals surface area contributed by atoms with Gasteiger partial charge < -0.3 is 9.47 Å². The van der Waals surface area contributed by atoms with Crippen molar-refractivity contribution in [1.29, 1.82) is 0 Å². The smallest absolute Gasteiger partial charge is 0.311 e. The van der Waals surface area contributed by atoms with Crippen LogP contribution in [0, 0.1) is 0 Å². The van der Waals surface area contributed by atoms with E-state index in [1.807, 2.05) is 0 Å². The van der Waals surface area contributed by atoms with Crippen LogP contribution in [0.15, 0.2) is 18.2 Å². The molecule has 0 aliphatic heterocycles. The molecule has 4 nitrogen and oxygen atoms in total. The first-order chi connectivity index (χ1) is 15.5. The minimum Gasteiger partial charge on any atom is -0.466 e. The second-order valence-corrected chi connectivity index (χ2v) is 9.21. The maximum atomic E-state index is 11.9. The largest absolute Gasteiger partial charge is 0.466 e. The molecule has 0 heterocycles. The Kier molecular flexibility index (Phi) is 17.3. The van der Waals surface area contributed by atoms with Crippen LogP contribution in [0.5, 0.6) is 5.75 Å². The summed E-state index contributed by atoms with van der Waals surface area (Å²) in [6.45, 7) is 2.71. The molecule has 0 radical (unpaired) electrons. The van der Waals surface area contributed by atoms with E-state index in [2.05, 4.69) is 6.92 Å². The van der Waals surface area contributed by atoms with Crippen LogP contribution in [0.4, 0.5) is 0 Å². The molecule has 0 fully saturated rings. The molecule has 0 bridgehead atoms. The molecular weight excluding hydrogens is 447 g/mol. The fraction of sp³-hybridized carbons (Fsp3) is 0.692. The Morgan fingerprint density at radius 1 is 0.719 bits per heavy atom. The third-order valence-electron chi connectivity index (χ3n) is 5.39. The fourth-order valence-corrected chi connectivity index (χ4v) is 3.80. The second-order valence-electron chi connectivity index (χ2n) is 8.37. The quantitative estimate of drug-likeness (QED) is 0.111. The SMILES string of the molecule is CCCCCCCCCCCCCCCOC(=O)CCCC(=O)Oc1cc(Cl)ccc1Cl. The van der Waals surface area contributed by atoms with E-state index in [9.17, 15) is 9.59 Å². The summed E-state index contributed by atoms with van der Waals surface area (Å²) in [6.07, 6.45) is 17.5. The molecular formula is C26H40Cl2O4. The summed E-state index contributed by atoms with van der Waals surface area (Å²) in [7, 11) is 0. The molecule has 0 aliphatic rings. The first kappa shape index (κ1) is 28.8. The molecule has 0 N–H and O–H groups in total. The highest BCUT2D eigenvalue weighted by molar-refractivity contribution is 6.34. The number of hydrogen-bond acceptors (Lipinski definition) is 4. The van der Waals surface area contributed by atoms with Crippen molar-refractivity contribution in [2.45, 2.75) is 110 Å². The molecule has 1 aromatic rings. The predicted octanol–water partition coefficient (Wildman–Crippen LogP) is 8.70. The molecule has 0 spiro atoms. The monoisotopic (exact) mass is 486 g/mol. The number of rotatable bonds is 19. The number of carbonyl (C=O) groups excluding carboxylic acids is 2. The van der Waals surface area contributed by atoms with Crippen molar-refractivity contribution in [3.63, 3.8) is 0 Å². The summed E-state index contributed by atoms with van der Waals surface area (Å²) in [5.74, 6) is -0.481. The average molecular weight is 488 g/mol. The molecule has 1 rings (SSSR count). The third-order valence-corrected chi connectivity index (χ3v) is 5.94. The zero-order valence-electron chi connectivity index (χ0n) is 19.6. The van der Waals surface area contributed by atoms with Gasteiger partial charge in [0.05, 0.1) is 11.6 Å². The number of carbonyl (C=O) groups is 2. The highest BCUT2D eigenvalue weighted by Crippen LogP contribution is 2.28.